The smallest absolute Gasteiger partial charge is 0.253 e. The second-order valence-electron chi connectivity index (χ2n) is 9.15. The molecule has 36 heavy (non-hydrogen) atoms. The number of nitrogens with zero attached hydrogens (tertiary/aromatic N) is 5. The Balaban J connectivity index is 1.53. The van der Waals surface area contributed by atoms with Crippen LogP contribution in [0.3, 0.4) is 0 Å². The van der Waals surface area contributed by atoms with Crippen LogP contribution in [0.2, 0.25) is 0 Å². The summed E-state index contributed by atoms with van der Waals surface area (Å²) in [7, 11) is 2.10. The average Bonchev–Trinajstić information content (AvgIpc) is 3.37. The zero-order valence-electron chi connectivity index (χ0n) is 20.7. The highest BCUT2D eigenvalue weighted by atomic mass is 16.1. The normalized spacial score (nSPS) is 16.1. The van der Waals surface area contributed by atoms with Crippen LogP contribution in [0.5, 0.6) is 0 Å². The van der Waals surface area contributed by atoms with Gasteiger partial charge in [-0.05, 0) is 60.4 Å². The van der Waals surface area contributed by atoms with E-state index in [0.717, 1.165) is 31.5 Å². The van der Waals surface area contributed by atoms with Gasteiger partial charge in [0, 0.05) is 44.6 Å². The van der Waals surface area contributed by atoms with Gasteiger partial charge in [-0.25, -0.2) is 4.98 Å². The van der Waals surface area contributed by atoms with E-state index in [2.05, 4.69) is 64.4 Å². The second kappa shape index (κ2) is 11.5. The minimum Gasteiger partial charge on any atom is -0.375 e. The Morgan fingerprint density at radius 2 is 1.78 bits per heavy atom. The van der Waals surface area contributed by atoms with Gasteiger partial charge < -0.3 is 10.2 Å². The number of pyridine rings is 1. The molecule has 0 radical (unpaired) electrons. The number of hydrogen-bond acceptors (Lipinski definition) is 6. The molecule has 0 bridgehead atoms. The van der Waals surface area contributed by atoms with Crippen molar-refractivity contribution in [1.82, 2.24) is 15.2 Å². The monoisotopic (exact) mass is 478 g/mol. The number of nitrogens with one attached hydrogen (secondary N) is 1. The van der Waals surface area contributed by atoms with Gasteiger partial charge in [0.2, 0.25) is 0 Å². The molecular formula is C29H30N6O. The number of likely N-dealkylation sites (tertiary alicyclic amines) is 1. The molecule has 1 fully saturated rings. The summed E-state index contributed by atoms with van der Waals surface area (Å²) >= 11 is 0. The van der Waals surface area contributed by atoms with E-state index in [0.29, 0.717) is 17.7 Å². The highest BCUT2D eigenvalue weighted by molar-refractivity contribution is 5.94. The lowest BCUT2D eigenvalue weighted by atomic mass is 9.96. The fourth-order valence-electron chi connectivity index (χ4n) is 4.73. The van der Waals surface area contributed by atoms with Gasteiger partial charge in [-0.3, -0.25) is 9.69 Å². The second-order valence-corrected chi connectivity index (χ2v) is 9.15. The highest BCUT2D eigenvalue weighted by Gasteiger charge is 2.31. The van der Waals surface area contributed by atoms with Crippen LogP contribution in [-0.4, -0.2) is 48.5 Å². The minimum atomic E-state index is -0.183. The summed E-state index contributed by atoms with van der Waals surface area (Å²) in [5, 5.41) is 21.3. The molecule has 0 saturated carbocycles. The Morgan fingerprint density at radius 3 is 2.36 bits per heavy atom. The van der Waals surface area contributed by atoms with Crippen LogP contribution < -0.4 is 10.2 Å². The summed E-state index contributed by atoms with van der Waals surface area (Å²) in [6, 6.07) is 23.8. The fraction of sp³-hybridized carbons (Fsp3) is 0.310. The first-order chi connectivity index (χ1) is 17.5. The molecule has 1 amide bonds. The average molecular weight is 479 g/mol. The Bertz CT molecular complexity index is 1260. The topological polar surface area (TPSA) is 96.0 Å². The zero-order valence-corrected chi connectivity index (χ0v) is 20.7. The number of hydrogen-bond donors (Lipinski definition) is 1. The van der Waals surface area contributed by atoms with Gasteiger partial charge in [-0.1, -0.05) is 31.2 Å². The fourth-order valence-corrected chi connectivity index (χ4v) is 4.73. The first-order valence-corrected chi connectivity index (χ1v) is 12.2. The SMILES string of the molecule is CCCN(C)c1ccc(C(c2ccc(C#N)cc2)N2CCC(NC(=O)c3ccc(C#N)nc3)C2)cc1. The van der Waals surface area contributed by atoms with Gasteiger partial charge in [-0.2, -0.15) is 10.5 Å². The molecule has 2 heterocycles. The van der Waals surface area contributed by atoms with Crippen LogP contribution in [-0.2, 0) is 0 Å². The molecule has 1 saturated heterocycles. The lowest BCUT2D eigenvalue weighted by Gasteiger charge is -2.29. The van der Waals surface area contributed by atoms with Crippen molar-refractivity contribution in [2.45, 2.75) is 31.8 Å². The Kier molecular flexibility index (Phi) is 7.95. The van der Waals surface area contributed by atoms with E-state index in [1.165, 1.54) is 17.4 Å². The quantitative estimate of drug-likeness (QED) is 0.520. The lowest BCUT2D eigenvalue weighted by Crippen LogP contribution is -2.38. The predicted octanol–water partition coefficient (Wildman–Crippen LogP) is 4.26. The standard InChI is InChI=1S/C29H30N6O/c1-3-15-34(2)27-12-9-23(10-13-27)28(22-6-4-21(17-30)5-7-22)35-16-14-26(20-35)33-29(36)24-8-11-25(18-31)32-19-24/h4-13,19,26,28H,3,14-16,20H2,1-2H3,(H,33,36). The number of nitriles is 2. The van der Waals surface area contributed by atoms with Crippen molar-refractivity contribution in [2.75, 3.05) is 31.6 Å². The Labute approximate surface area is 212 Å². The zero-order chi connectivity index (χ0) is 25.5. The molecule has 0 aliphatic carbocycles. The van der Waals surface area contributed by atoms with Crippen LogP contribution in [0.15, 0.2) is 66.9 Å². The third kappa shape index (κ3) is 5.71. The maximum atomic E-state index is 12.8. The summed E-state index contributed by atoms with van der Waals surface area (Å²) in [5.41, 5.74) is 4.85. The summed E-state index contributed by atoms with van der Waals surface area (Å²) < 4.78 is 0. The molecule has 182 valence electrons. The molecule has 7 heteroatoms. The number of carbonyl (C=O) groups excluding carboxylic acids is 1. The number of benzene rings is 2. The van der Waals surface area contributed by atoms with E-state index < -0.39 is 0 Å². The van der Waals surface area contributed by atoms with Crippen molar-refractivity contribution < 1.29 is 4.79 Å². The molecule has 4 rings (SSSR count). The summed E-state index contributed by atoms with van der Waals surface area (Å²) in [6.45, 7) is 4.71. The van der Waals surface area contributed by atoms with E-state index in [1.54, 1.807) is 12.1 Å². The van der Waals surface area contributed by atoms with Crippen molar-refractivity contribution in [3.63, 3.8) is 0 Å². The van der Waals surface area contributed by atoms with Gasteiger partial charge in [0.05, 0.1) is 23.2 Å². The Hall–Kier alpha value is -4.20. The van der Waals surface area contributed by atoms with Crippen molar-refractivity contribution in [3.05, 3.63) is 94.8 Å². The first kappa shape index (κ1) is 24.9. The molecule has 1 aliphatic heterocycles. The lowest BCUT2D eigenvalue weighted by molar-refractivity contribution is 0.0936. The summed E-state index contributed by atoms with van der Waals surface area (Å²) in [5.74, 6) is -0.183. The van der Waals surface area contributed by atoms with E-state index in [-0.39, 0.29) is 23.7 Å². The van der Waals surface area contributed by atoms with Gasteiger partial charge in [-0.15, -0.1) is 0 Å². The van der Waals surface area contributed by atoms with Gasteiger partial charge >= 0.3 is 0 Å². The third-order valence-corrected chi connectivity index (χ3v) is 6.62. The molecule has 2 aromatic carbocycles. The third-order valence-electron chi connectivity index (χ3n) is 6.62. The van der Waals surface area contributed by atoms with Gasteiger partial charge in [0.15, 0.2) is 0 Å². The van der Waals surface area contributed by atoms with Crippen LogP contribution >= 0.6 is 0 Å². The predicted molar refractivity (Wildman–Crippen MR) is 139 cm³/mol. The van der Waals surface area contributed by atoms with Crippen LogP contribution in [0.25, 0.3) is 0 Å². The number of carbonyl (C=O) groups is 1. The van der Waals surface area contributed by atoms with E-state index in [4.69, 9.17) is 5.26 Å². The van der Waals surface area contributed by atoms with Crippen molar-refractivity contribution in [1.29, 1.82) is 10.5 Å². The maximum Gasteiger partial charge on any atom is 0.253 e. The van der Waals surface area contributed by atoms with E-state index in [9.17, 15) is 10.1 Å². The molecule has 7 nitrogen and oxygen atoms in total. The molecular weight excluding hydrogens is 448 g/mol. The molecule has 3 aromatic rings. The maximum absolute atomic E-state index is 12.8. The highest BCUT2D eigenvalue weighted by Crippen LogP contribution is 2.33. The molecule has 2 unspecified atom stereocenters. The number of aromatic nitrogens is 1. The number of amides is 1. The van der Waals surface area contributed by atoms with Crippen LogP contribution in [0, 0.1) is 22.7 Å². The van der Waals surface area contributed by atoms with Gasteiger partial charge in [0.1, 0.15) is 11.8 Å². The molecule has 2 atom stereocenters. The minimum absolute atomic E-state index is 0.00369. The Morgan fingerprint density at radius 1 is 1.08 bits per heavy atom. The van der Waals surface area contributed by atoms with E-state index >= 15 is 0 Å². The molecule has 1 aliphatic rings. The molecule has 1 N–H and O–H groups in total. The largest absolute Gasteiger partial charge is 0.375 e. The molecule has 0 spiro atoms. The van der Waals surface area contributed by atoms with Crippen molar-refractivity contribution in [3.8, 4) is 12.1 Å². The number of rotatable bonds is 8. The summed E-state index contributed by atoms with van der Waals surface area (Å²) in [6.07, 6.45) is 3.36. The number of anilines is 1. The summed E-state index contributed by atoms with van der Waals surface area (Å²) in [4.78, 5) is 21.4. The van der Waals surface area contributed by atoms with Crippen LogP contribution in [0.4, 0.5) is 5.69 Å². The molecule has 1 aromatic heterocycles. The van der Waals surface area contributed by atoms with Gasteiger partial charge in [0.25, 0.3) is 5.91 Å². The van der Waals surface area contributed by atoms with E-state index in [1.807, 2.05) is 30.3 Å². The van der Waals surface area contributed by atoms with Crippen LogP contribution in [0.1, 0.15) is 58.5 Å². The van der Waals surface area contributed by atoms with Crippen molar-refractivity contribution >= 4 is 11.6 Å². The first-order valence-electron chi connectivity index (χ1n) is 12.2. The van der Waals surface area contributed by atoms with Crippen molar-refractivity contribution in [2.24, 2.45) is 0 Å².